The fraction of sp³-hybridized carbons (Fsp3) is 0.500. The molecule has 0 saturated carbocycles. The minimum Gasteiger partial charge on any atom is -0.360 e. The molecule has 0 radical (unpaired) electrons. The van der Waals surface area contributed by atoms with Gasteiger partial charge >= 0.3 is 0 Å². The number of piperidine rings is 1. The van der Waals surface area contributed by atoms with Gasteiger partial charge in [0.05, 0.1) is 0 Å². The molecule has 1 aromatic heterocycles. The van der Waals surface area contributed by atoms with Gasteiger partial charge in [0, 0.05) is 51.1 Å². The molecule has 4 heterocycles. The minimum atomic E-state index is 0.216. The van der Waals surface area contributed by atoms with Crippen LogP contribution in [0, 0.1) is 5.92 Å². The highest BCUT2D eigenvalue weighted by molar-refractivity contribution is 6.29. The van der Waals surface area contributed by atoms with Gasteiger partial charge in [0.15, 0.2) is 5.15 Å². The number of fused-ring (bicyclic) bond motifs is 4. The number of nitrogens with zero attached hydrogens (tertiary/aromatic N) is 3. The molecule has 5 nitrogen and oxygen atoms in total. The summed E-state index contributed by atoms with van der Waals surface area (Å²) >= 11 is 5.77. The first-order chi connectivity index (χ1) is 12.7. The van der Waals surface area contributed by atoms with Gasteiger partial charge in [0.1, 0.15) is 5.76 Å². The number of hydrogen-bond acceptors (Lipinski definition) is 4. The second-order valence-electron chi connectivity index (χ2n) is 7.44. The fourth-order valence-corrected chi connectivity index (χ4v) is 4.39. The number of amides is 1. The molecule has 2 bridgehead atoms. The molecule has 3 saturated heterocycles. The van der Waals surface area contributed by atoms with E-state index in [1.54, 1.807) is 6.07 Å². The van der Waals surface area contributed by atoms with Crippen molar-refractivity contribution in [3.8, 4) is 0 Å². The monoisotopic (exact) mass is 373 g/mol. The number of hydrogen-bond donors (Lipinski definition) is 0. The first kappa shape index (κ1) is 17.6. The van der Waals surface area contributed by atoms with E-state index in [4.69, 9.17) is 16.1 Å². The lowest BCUT2D eigenvalue weighted by Crippen LogP contribution is -2.47. The van der Waals surface area contributed by atoms with Gasteiger partial charge in [0.2, 0.25) is 5.91 Å². The van der Waals surface area contributed by atoms with Gasteiger partial charge in [-0.05, 0) is 24.3 Å². The van der Waals surface area contributed by atoms with Crippen LogP contribution in [0.2, 0.25) is 5.15 Å². The summed E-state index contributed by atoms with van der Waals surface area (Å²) in [4.78, 5) is 17.4. The van der Waals surface area contributed by atoms with Crippen LogP contribution in [0.1, 0.15) is 30.6 Å². The van der Waals surface area contributed by atoms with Crippen molar-refractivity contribution in [2.75, 3.05) is 19.6 Å². The van der Waals surface area contributed by atoms with Gasteiger partial charge in [-0.25, -0.2) is 0 Å². The fourth-order valence-electron chi connectivity index (χ4n) is 4.23. The molecule has 6 heteroatoms. The Balaban J connectivity index is 1.37. The highest BCUT2D eigenvalue weighted by Crippen LogP contribution is 2.29. The van der Waals surface area contributed by atoms with Gasteiger partial charge in [-0.1, -0.05) is 47.1 Å². The first-order valence-electron chi connectivity index (χ1n) is 9.34. The van der Waals surface area contributed by atoms with E-state index in [1.807, 2.05) is 0 Å². The van der Waals surface area contributed by atoms with Crippen molar-refractivity contribution in [3.05, 3.63) is 52.9 Å². The highest BCUT2D eigenvalue weighted by Gasteiger charge is 2.36. The van der Waals surface area contributed by atoms with E-state index in [-0.39, 0.29) is 5.91 Å². The van der Waals surface area contributed by atoms with Crippen LogP contribution < -0.4 is 0 Å². The number of carbonyl (C=O) groups is 1. The molecule has 0 spiro atoms. The molecule has 1 amide bonds. The van der Waals surface area contributed by atoms with E-state index in [2.05, 4.69) is 45.3 Å². The topological polar surface area (TPSA) is 49.6 Å². The Hall–Kier alpha value is -1.85. The van der Waals surface area contributed by atoms with Crippen molar-refractivity contribution in [2.45, 2.75) is 38.3 Å². The van der Waals surface area contributed by atoms with Crippen molar-refractivity contribution in [2.24, 2.45) is 5.92 Å². The molecule has 0 unspecified atom stereocenters. The van der Waals surface area contributed by atoms with Crippen molar-refractivity contribution in [1.82, 2.24) is 15.0 Å². The molecule has 2 aromatic rings. The predicted octanol–water partition coefficient (Wildman–Crippen LogP) is 3.38. The van der Waals surface area contributed by atoms with E-state index in [9.17, 15) is 4.79 Å². The largest absolute Gasteiger partial charge is 0.360 e. The zero-order chi connectivity index (χ0) is 17.9. The third-order valence-electron chi connectivity index (χ3n) is 5.47. The Morgan fingerprint density at radius 2 is 2.04 bits per heavy atom. The molecule has 3 aliphatic heterocycles. The number of aryl methyl sites for hydroxylation is 1. The number of rotatable bonds is 5. The van der Waals surface area contributed by atoms with Gasteiger partial charge in [-0.3, -0.25) is 9.69 Å². The number of benzene rings is 1. The Morgan fingerprint density at radius 1 is 1.19 bits per heavy atom. The lowest BCUT2D eigenvalue weighted by Gasteiger charge is -2.36. The Bertz CT molecular complexity index is 749. The molecule has 3 aliphatic rings. The normalized spacial score (nSPS) is 23.2. The van der Waals surface area contributed by atoms with Crippen molar-refractivity contribution in [3.63, 3.8) is 0 Å². The molecule has 2 atom stereocenters. The average molecular weight is 374 g/mol. The predicted molar refractivity (Wildman–Crippen MR) is 99.8 cm³/mol. The van der Waals surface area contributed by atoms with Crippen LogP contribution in [0.3, 0.4) is 0 Å². The zero-order valence-corrected chi connectivity index (χ0v) is 15.6. The van der Waals surface area contributed by atoms with Crippen LogP contribution in [0.15, 0.2) is 40.9 Å². The van der Waals surface area contributed by atoms with Gasteiger partial charge in [0.25, 0.3) is 0 Å². The SMILES string of the molecule is O=C(CCc1cc(Cl)no1)N1C[C@H]2CC[C@@H]1CN(Cc1ccccc1)C2. The number of aromatic nitrogens is 1. The summed E-state index contributed by atoms with van der Waals surface area (Å²) in [5.41, 5.74) is 1.34. The molecule has 1 aromatic carbocycles. The van der Waals surface area contributed by atoms with Crippen LogP contribution in [0.25, 0.3) is 0 Å². The second kappa shape index (κ2) is 7.80. The molecule has 0 aliphatic carbocycles. The lowest BCUT2D eigenvalue weighted by atomic mass is 9.94. The third-order valence-corrected chi connectivity index (χ3v) is 5.65. The van der Waals surface area contributed by atoms with Crippen molar-refractivity contribution in [1.29, 1.82) is 0 Å². The second-order valence-corrected chi connectivity index (χ2v) is 7.83. The third kappa shape index (κ3) is 4.10. The minimum absolute atomic E-state index is 0.216. The molecule has 26 heavy (non-hydrogen) atoms. The summed E-state index contributed by atoms with van der Waals surface area (Å²) in [5.74, 6) is 1.46. The van der Waals surface area contributed by atoms with Crippen LogP contribution >= 0.6 is 11.6 Å². The summed E-state index contributed by atoms with van der Waals surface area (Å²) in [6, 6.07) is 12.6. The molecule has 3 fully saturated rings. The van der Waals surface area contributed by atoms with Crippen molar-refractivity contribution < 1.29 is 9.32 Å². The van der Waals surface area contributed by atoms with Crippen LogP contribution in [0.4, 0.5) is 0 Å². The zero-order valence-electron chi connectivity index (χ0n) is 14.8. The Labute approximate surface area is 158 Å². The van der Waals surface area contributed by atoms with E-state index in [0.29, 0.717) is 35.7 Å². The quantitative estimate of drug-likeness (QED) is 0.806. The molecular formula is C20H24ClN3O2. The average Bonchev–Trinajstić information content (AvgIpc) is 2.87. The number of carbonyl (C=O) groups excluding carboxylic acids is 1. The van der Waals surface area contributed by atoms with Gasteiger partial charge in [-0.2, -0.15) is 0 Å². The van der Waals surface area contributed by atoms with E-state index < -0.39 is 0 Å². The van der Waals surface area contributed by atoms with E-state index >= 15 is 0 Å². The first-order valence-corrected chi connectivity index (χ1v) is 9.72. The van der Waals surface area contributed by atoms with Crippen LogP contribution in [-0.2, 0) is 17.8 Å². The maximum absolute atomic E-state index is 12.8. The Morgan fingerprint density at radius 3 is 2.81 bits per heavy atom. The Kier molecular flexibility index (Phi) is 5.27. The van der Waals surface area contributed by atoms with Crippen LogP contribution in [-0.4, -0.2) is 46.5 Å². The molecule has 5 rings (SSSR count). The van der Waals surface area contributed by atoms with Crippen LogP contribution in [0.5, 0.6) is 0 Å². The van der Waals surface area contributed by atoms with E-state index in [0.717, 1.165) is 32.6 Å². The van der Waals surface area contributed by atoms with E-state index in [1.165, 1.54) is 12.0 Å². The lowest BCUT2D eigenvalue weighted by molar-refractivity contribution is -0.135. The molecule has 0 N–H and O–H groups in total. The molecule has 138 valence electrons. The summed E-state index contributed by atoms with van der Waals surface area (Å²) in [5, 5.41) is 4.01. The summed E-state index contributed by atoms with van der Waals surface area (Å²) in [6.07, 6.45) is 3.33. The van der Waals surface area contributed by atoms with Crippen molar-refractivity contribution >= 4 is 17.5 Å². The standard InChI is InChI=1S/C20H24ClN3O2/c21-19-10-18(26-22-19)8-9-20(25)24-13-16-6-7-17(24)14-23(12-16)11-15-4-2-1-3-5-15/h1-5,10,16-17H,6-9,11-14H2/t16-,17+/m0/s1. The summed E-state index contributed by atoms with van der Waals surface area (Å²) < 4.78 is 5.11. The smallest absolute Gasteiger partial charge is 0.223 e. The molecular weight excluding hydrogens is 350 g/mol. The highest BCUT2D eigenvalue weighted by atomic mass is 35.5. The van der Waals surface area contributed by atoms with Gasteiger partial charge < -0.3 is 9.42 Å². The maximum Gasteiger partial charge on any atom is 0.223 e. The number of halogens is 1. The maximum atomic E-state index is 12.8. The summed E-state index contributed by atoms with van der Waals surface area (Å²) in [7, 11) is 0. The van der Waals surface area contributed by atoms with Gasteiger partial charge in [-0.15, -0.1) is 0 Å². The summed E-state index contributed by atoms with van der Waals surface area (Å²) in [6.45, 7) is 3.89.